The van der Waals surface area contributed by atoms with Gasteiger partial charge in [0.25, 0.3) is 0 Å². The lowest BCUT2D eigenvalue weighted by molar-refractivity contribution is 0.155. The quantitative estimate of drug-likeness (QED) is 0.289. The first-order chi connectivity index (χ1) is 16.5. The van der Waals surface area contributed by atoms with E-state index in [2.05, 4.69) is 21.0 Å². The first-order valence-electron chi connectivity index (χ1n) is 10.4. The molecule has 35 heavy (non-hydrogen) atoms. The minimum absolute atomic E-state index is 0.0221. The van der Waals surface area contributed by atoms with Crippen molar-refractivity contribution >= 4 is 75.7 Å². The van der Waals surface area contributed by atoms with E-state index in [1.165, 1.54) is 0 Å². The van der Waals surface area contributed by atoms with Crippen molar-refractivity contribution in [3.8, 4) is 0 Å². The Kier molecular flexibility index (Phi) is 8.77. The number of hydrogen-bond donors (Lipinski definition) is 3. The Bertz CT molecular complexity index is 1240. The van der Waals surface area contributed by atoms with Crippen molar-refractivity contribution in [3.05, 3.63) is 68.2 Å². The number of amides is 3. The molecule has 12 heteroatoms. The molecule has 3 aromatic rings. The van der Waals surface area contributed by atoms with E-state index < -0.39 is 12.1 Å². The van der Waals surface area contributed by atoms with Gasteiger partial charge in [-0.3, -0.25) is 10.6 Å². The molecule has 0 radical (unpaired) electrons. The molecule has 0 fully saturated rings. The van der Waals surface area contributed by atoms with Gasteiger partial charge < -0.3 is 10.1 Å². The minimum Gasteiger partial charge on any atom is -0.447 e. The zero-order chi connectivity index (χ0) is 25.8. The molecule has 3 N–H and O–H groups in total. The maximum absolute atomic E-state index is 12.6. The summed E-state index contributed by atoms with van der Waals surface area (Å²) in [5.74, 6) is 0.410. The van der Waals surface area contributed by atoms with E-state index in [-0.39, 0.29) is 28.6 Å². The molecule has 0 bridgehead atoms. The second-order valence-corrected chi connectivity index (χ2v) is 10.0. The summed E-state index contributed by atoms with van der Waals surface area (Å²) in [5.41, 5.74) is 1.15. The van der Waals surface area contributed by atoms with Crippen molar-refractivity contribution in [3.63, 3.8) is 0 Å². The van der Waals surface area contributed by atoms with Gasteiger partial charge in [-0.15, -0.1) is 0 Å². The number of benzene rings is 2. The maximum Gasteiger partial charge on any atom is 0.411 e. The predicted molar refractivity (Wildman–Crippen MR) is 141 cm³/mol. The van der Waals surface area contributed by atoms with E-state index in [9.17, 15) is 9.59 Å². The molecule has 3 amide bonds. The summed E-state index contributed by atoms with van der Waals surface area (Å²) in [6.07, 6.45) is -0.708. The summed E-state index contributed by atoms with van der Waals surface area (Å²) >= 11 is 24.2. The number of carbonyl (C=O) groups is 2. The molecule has 1 aromatic heterocycles. The summed E-state index contributed by atoms with van der Waals surface area (Å²) in [5, 5.41) is 13.6. The van der Waals surface area contributed by atoms with Crippen LogP contribution in [0.15, 0.2) is 42.5 Å². The van der Waals surface area contributed by atoms with Crippen molar-refractivity contribution in [1.29, 1.82) is 0 Å². The molecular weight excluding hydrogens is 536 g/mol. The summed E-state index contributed by atoms with van der Waals surface area (Å²) in [7, 11) is 0. The largest absolute Gasteiger partial charge is 0.447 e. The monoisotopic (exact) mass is 557 g/mol. The molecule has 8 nitrogen and oxygen atoms in total. The lowest BCUT2D eigenvalue weighted by atomic mass is 9.92. The van der Waals surface area contributed by atoms with Gasteiger partial charge in [0.1, 0.15) is 12.4 Å². The van der Waals surface area contributed by atoms with Crippen molar-refractivity contribution in [2.75, 3.05) is 22.6 Å². The third-order valence-corrected chi connectivity index (χ3v) is 6.35. The SMILES string of the molecule is CC(C)(C)c1cc(NC(=O)Nc2cccc(Cl)c2Cl)n(CCOC(=O)Nc2cccc(Cl)c2Cl)n1. The lowest BCUT2D eigenvalue weighted by Gasteiger charge is -2.14. The highest BCUT2D eigenvalue weighted by Gasteiger charge is 2.21. The van der Waals surface area contributed by atoms with Crippen LogP contribution in [0.2, 0.25) is 20.1 Å². The number of carbonyl (C=O) groups excluding carboxylic acids is 2. The molecule has 0 aliphatic heterocycles. The smallest absolute Gasteiger partial charge is 0.411 e. The van der Waals surface area contributed by atoms with Crippen LogP contribution in [0.5, 0.6) is 0 Å². The zero-order valence-electron chi connectivity index (χ0n) is 19.1. The third-order valence-electron chi connectivity index (χ3n) is 4.71. The van der Waals surface area contributed by atoms with Crippen molar-refractivity contribution in [2.45, 2.75) is 32.7 Å². The van der Waals surface area contributed by atoms with Crippen molar-refractivity contribution in [1.82, 2.24) is 9.78 Å². The van der Waals surface area contributed by atoms with Gasteiger partial charge in [-0.2, -0.15) is 5.10 Å². The highest BCUT2D eigenvalue weighted by Crippen LogP contribution is 2.31. The zero-order valence-corrected chi connectivity index (χ0v) is 22.1. The van der Waals surface area contributed by atoms with E-state index in [4.69, 9.17) is 51.1 Å². The van der Waals surface area contributed by atoms with E-state index >= 15 is 0 Å². The predicted octanol–water partition coefficient (Wildman–Crippen LogP) is 7.69. The van der Waals surface area contributed by atoms with Crippen LogP contribution >= 0.6 is 46.4 Å². The molecule has 186 valence electrons. The fourth-order valence-corrected chi connectivity index (χ4v) is 3.59. The molecular formula is C23H23Cl4N5O3. The number of ether oxygens (including phenoxy) is 1. The normalized spacial score (nSPS) is 11.2. The van der Waals surface area contributed by atoms with Crippen LogP contribution in [-0.2, 0) is 16.7 Å². The number of urea groups is 1. The summed E-state index contributed by atoms with van der Waals surface area (Å²) in [6.45, 7) is 6.14. The molecule has 0 saturated carbocycles. The second kappa shape index (κ2) is 11.4. The van der Waals surface area contributed by atoms with Crippen molar-refractivity contribution in [2.24, 2.45) is 0 Å². The highest BCUT2D eigenvalue weighted by molar-refractivity contribution is 6.44. The summed E-state index contributed by atoms with van der Waals surface area (Å²) < 4.78 is 6.79. The van der Waals surface area contributed by atoms with Crippen molar-refractivity contribution < 1.29 is 14.3 Å². The van der Waals surface area contributed by atoms with E-state index in [0.717, 1.165) is 5.69 Å². The third kappa shape index (κ3) is 7.18. The first-order valence-corrected chi connectivity index (χ1v) is 11.9. The number of nitrogens with zero attached hydrogens (tertiary/aromatic N) is 2. The van der Waals surface area contributed by atoms with Crippen LogP contribution in [0.3, 0.4) is 0 Å². The Morgan fingerprint density at radius 2 is 1.49 bits per heavy atom. The maximum atomic E-state index is 12.6. The van der Waals surface area contributed by atoms with Gasteiger partial charge in [0, 0.05) is 11.5 Å². The van der Waals surface area contributed by atoms with Gasteiger partial charge in [0.05, 0.1) is 43.7 Å². The average Bonchev–Trinajstić information content (AvgIpc) is 3.18. The number of halogens is 4. The molecule has 0 aliphatic carbocycles. The number of nitrogens with one attached hydrogen (secondary N) is 3. The number of hydrogen-bond acceptors (Lipinski definition) is 4. The molecule has 0 atom stereocenters. The van der Waals surface area contributed by atoms with E-state index in [1.54, 1.807) is 47.1 Å². The van der Waals surface area contributed by atoms with Crippen LogP contribution in [-0.4, -0.2) is 28.5 Å². The molecule has 2 aromatic carbocycles. The summed E-state index contributed by atoms with van der Waals surface area (Å²) in [4.78, 5) is 24.8. The lowest BCUT2D eigenvalue weighted by Crippen LogP contribution is -2.23. The van der Waals surface area contributed by atoms with Gasteiger partial charge >= 0.3 is 12.1 Å². The molecule has 0 aliphatic rings. The van der Waals surface area contributed by atoms with Gasteiger partial charge in [-0.05, 0) is 24.3 Å². The molecule has 1 heterocycles. The fraction of sp³-hybridized carbons (Fsp3) is 0.261. The van der Waals surface area contributed by atoms with Gasteiger partial charge in [-0.25, -0.2) is 14.3 Å². The Balaban J connectivity index is 1.66. The molecule has 0 saturated heterocycles. The van der Waals surface area contributed by atoms with Gasteiger partial charge in [-0.1, -0.05) is 79.3 Å². The Morgan fingerprint density at radius 1 is 0.914 bits per heavy atom. The minimum atomic E-state index is -0.708. The topological polar surface area (TPSA) is 97.3 Å². The van der Waals surface area contributed by atoms with Crippen LogP contribution in [0.4, 0.5) is 26.8 Å². The summed E-state index contributed by atoms with van der Waals surface area (Å²) in [6, 6.07) is 11.0. The van der Waals surface area contributed by atoms with E-state index in [0.29, 0.717) is 27.2 Å². The second-order valence-electron chi connectivity index (χ2n) is 8.43. The van der Waals surface area contributed by atoms with Gasteiger partial charge in [0.15, 0.2) is 0 Å². The fourth-order valence-electron chi connectivity index (χ4n) is 2.90. The number of anilines is 3. The van der Waals surface area contributed by atoms with Crippen LogP contribution in [0, 0.1) is 0 Å². The molecule has 0 spiro atoms. The Hall–Kier alpha value is -2.65. The Morgan fingerprint density at radius 3 is 2.06 bits per heavy atom. The van der Waals surface area contributed by atoms with Crippen LogP contribution < -0.4 is 16.0 Å². The number of aromatic nitrogens is 2. The average molecular weight is 559 g/mol. The van der Waals surface area contributed by atoms with Crippen LogP contribution in [0.25, 0.3) is 0 Å². The van der Waals surface area contributed by atoms with E-state index in [1.807, 2.05) is 20.8 Å². The first kappa shape index (κ1) is 26.9. The molecule has 0 unspecified atom stereocenters. The Labute approximate surface area is 222 Å². The highest BCUT2D eigenvalue weighted by atomic mass is 35.5. The number of rotatable bonds is 6. The standard InChI is InChI=1S/C23H23Cl4N5O3/c1-23(2,3)17-12-18(30-21(33)28-15-8-4-6-13(24)19(15)26)32(31-17)10-11-35-22(34)29-16-9-5-7-14(25)20(16)27/h4-9,12H,10-11H2,1-3H3,(H,29,34)(H2,28,30,33). The van der Waals surface area contributed by atoms with Crippen LogP contribution in [0.1, 0.15) is 26.5 Å². The molecule has 3 rings (SSSR count). The van der Waals surface area contributed by atoms with Gasteiger partial charge in [0.2, 0.25) is 0 Å².